The first-order valence-electron chi connectivity index (χ1n) is 5.79. The van der Waals surface area contributed by atoms with E-state index in [-0.39, 0.29) is 0 Å². The van der Waals surface area contributed by atoms with E-state index >= 15 is 0 Å². The Morgan fingerprint density at radius 2 is 1.78 bits per heavy atom. The highest BCUT2D eigenvalue weighted by atomic mass is 32.2. The molecule has 0 radical (unpaired) electrons. The monoisotopic (exact) mass is 260 g/mol. The van der Waals surface area contributed by atoms with Gasteiger partial charge in [0.25, 0.3) is 0 Å². The van der Waals surface area contributed by atoms with Gasteiger partial charge in [-0.2, -0.15) is 0 Å². The van der Waals surface area contributed by atoms with Gasteiger partial charge in [-0.05, 0) is 42.8 Å². The van der Waals surface area contributed by atoms with Crippen LogP contribution in [0.15, 0.2) is 58.3 Å². The number of hydrogen-bond donors (Lipinski definition) is 1. The summed E-state index contributed by atoms with van der Waals surface area (Å²) in [6.45, 7) is 1.77. The fraction of sp³-hybridized carbons (Fsp3) is 0.200. The number of rotatable bonds is 4. The largest absolute Gasteiger partial charge is 0.497 e. The van der Waals surface area contributed by atoms with Crippen molar-refractivity contribution in [2.45, 2.75) is 22.8 Å². The van der Waals surface area contributed by atoms with Gasteiger partial charge in [-0.1, -0.05) is 30.0 Å². The van der Waals surface area contributed by atoms with Crippen LogP contribution in [0.4, 0.5) is 0 Å². The third-order valence-electron chi connectivity index (χ3n) is 2.64. The molecule has 18 heavy (non-hydrogen) atoms. The zero-order valence-electron chi connectivity index (χ0n) is 10.5. The van der Waals surface area contributed by atoms with Gasteiger partial charge in [-0.25, -0.2) is 0 Å². The SMILES string of the molecule is COc1cccc(Sc2ccc([C@H](C)O)cc2)c1. The molecular weight excluding hydrogens is 244 g/mol. The molecule has 2 nitrogen and oxygen atoms in total. The van der Waals surface area contributed by atoms with Crippen LogP contribution in [0, 0.1) is 0 Å². The summed E-state index contributed by atoms with van der Waals surface area (Å²) in [5.41, 5.74) is 0.935. The van der Waals surface area contributed by atoms with Crippen molar-refractivity contribution in [1.82, 2.24) is 0 Å². The third-order valence-corrected chi connectivity index (χ3v) is 3.64. The molecule has 0 aromatic heterocycles. The molecule has 0 bridgehead atoms. The van der Waals surface area contributed by atoms with E-state index in [1.165, 1.54) is 0 Å². The highest BCUT2D eigenvalue weighted by Crippen LogP contribution is 2.30. The fourth-order valence-corrected chi connectivity index (χ4v) is 2.48. The lowest BCUT2D eigenvalue weighted by Crippen LogP contribution is -1.89. The average Bonchev–Trinajstić information content (AvgIpc) is 2.39. The van der Waals surface area contributed by atoms with E-state index in [4.69, 9.17) is 4.74 Å². The second kappa shape index (κ2) is 5.94. The van der Waals surface area contributed by atoms with Crippen molar-refractivity contribution in [2.75, 3.05) is 7.11 Å². The van der Waals surface area contributed by atoms with E-state index in [1.54, 1.807) is 25.8 Å². The van der Waals surface area contributed by atoms with Gasteiger partial charge in [0.1, 0.15) is 5.75 Å². The number of aliphatic hydroxyl groups is 1. The van der Waals surface area contributed by atoms with Gasteiger partial charge in [0.2, 0.25) is 0 Å². The smallest absolute Gasteiger partial charge is 0.119 e. The van der Waals surface area contributed by atoms with Crippen molar-refractivity contribution in [3.63, 3.8) is 0 Å². The van der Waals surface area contributed by atoms with Gasteiger partial charge in [0, 0.05) is 9.79 Å². The molecule has 0 aliphatic heterocycles. The second-order valence-electron chi connectivity index (χ2n) is 4.03. The number of hydrogen-bond acceptors (Lipinski definition) is 3. The Kier molecular flexibility index (Phi) is 4.28. The minimum atomic E-state index is -0.416. The Bertz CT molecular complexity index is 506. The van der Waals surface area contributed by atoms with E-state index in [2.05, 4.69) is 6.07 Å². The Hall–Kier alpha value is -1.45. The molecule has 0 aliphatic carbocycles. The molecule has 3 heteroatoms. The third kappa shape index (κ3) is 3.28. The van der Waals surface area contributed by atoms with Gasteiger partial charge in [-0.3, -0.25) is 0 Å². The summed E-state index contributed by atoms with van der Waals surface area (Å²) in [7, 11) is 1.67. The zero-order valence-corrected chi connectivity index (χ0v) is 11.3. The molecule has 0 spiro atoms. The standard InChI is InChI=1S/C15H16O2S/c1-11(16)12-6-8-14(9-7-12)18-15-5-3-4-13(10-15)17-2/h3-11,16H,1-2H3/t11-/m0/s1. The lowest BCUT2D eigenvalue weighted by molar-refractivity contribution is 0.199. The molecule has 2 aromatic rings. The molecule has 2 aromatic carbocycles. The molecule has 2 rings (SSSR count). The predicted molar refractivity (Wildman–Crippen MR) is 74.2 cm³/mol. The number of ether oxygens (including phenoxy) is 1. The molecule has 0 aliphatic rings. The van der Waals surface area contributed by atoms with Crippen LogP contribution in [0.25, 0.3) is 0 Å². The Morgan fingerprint density at radius 1 is 1.06 bits per heavy atom. The Balaban J connectivity index is 2.13. The molecule has 94 valence electrons. The summed E-state index contributed by atoms with van der Waals surface area (Å²) in [6, 6.07) is 15.9. The minimum absolute atomic E-state index is 0.416. The van der Waals surface area contributed by atoms with Crippen LogP contribution >= 0.6 is 11.8 Å². The fourth-order valence-electron chi connectivity index (χ4n) is 1.62. The maximum absolute atomic E-state index is 9.45. The van der Waals surface area contributed by atoms with Gasteiger partial charge < -0.3 is 9.84 Å². The summed E-state index contributed by atoms with van der Waals surface area (Å²) in [5.74, 6) is 0.862. The van der Waals surface area contributed by atoms with Crippen molar-refractivity contribution < 1.29 is 9.84 Å². The first kappa shape index (κ1) is 13.0. The summed E-state index contributed by atoms with van der Waals surface area (Å²) in [4.78, 5) is 2.28. The second-order valence-corrected chi connectivity index (χ2v) is 5.17. The quantitative estimate of drug-likeness (QED) is 0.904. The topological polar surface area (TPSA) is 29.5 Å². The van der Waals surface area contributed by atoms with Crippen LogP contribution in [0.3, 0.4) is 0 Å². The van der Waals surface area contributed by atoms with Gasteiger partial charge in [0.15, 0.2) is 0 Å². The van der Waals surface area contributed by atoms with Crippen LogP contribution < -0.4 is 4.74 Å². The highest BCUT2D eigenvalue weighted by Gasteiger charge is 2.02. The molecule has 0 unspecified atom stereocenters. The molecule has 0 heterocycles. The van der Waals surface area contributed by atoms with Crippen LogP contribution in [-0.2, 0) is 0 Å². The molecule has 0 saturated carbocycles. The maximum Gasteiger partial charge on any atom is 0.119 e. The Morgan fingerprint density at radius 3 is 2.39 bits per heavy atom. The van der Waals surface area contributed by atoms with Crippen molar-refractivity contribution >= 4 is 11.8 Å². The van der Waals surface area contributed by atoms with E-state index in [0.29, 0.717) is 0 Å². The van der Waals surface area contributed by atoms with Crippen LogP contribution in [0.5, 0.6) is 5.75 Å². The number of benzene rings is 2. The average molecular weight is 260 g/mol. The van der Waals surface area contributed by atoms with E-state index in [0.717, 1.165) is 21.1 Å². The summed E-state index contributed by atoms with van der Waals surface area (Å²) >= 11 is 1.68. The Labute approximate surface area is 112 Å². The highest BCUT2D eigenvalue weighted by molar-refractivity contribution is 7.99. The lowest BCUT2D eigenvalue weighted by Gasteiger charge is -2.07. The summed E-state index contributed by atoms with van der Waals surface area (Å²) < 4.78 is 5.20. The molecular formula is C15H16O2S. The molecule has 1 N–H and O–H groups in total. The van der Waals surface area contributed by atoms with Gasteiger partial charge in [-0.15, -0.1) is 0 Å². The summed E-state index contributed by atoms with van der Waals surface area (Å²) in [5, 5.41) is 9.45. The molecule has 1 atom stereocenters. The van der Waals surface area contributed by atoms with Crippen molar-refractivity contribution in [1.29, 1.82) is 0 Å². The van der Waals surface area contributed by atoms with Crippen LogP contribution in [-0.4, -0.2) is 12.2 Å². The minimum Gasteiger partial charge on any atom is -0.497 e. The predicted octanol–water partition coefficient (Wildman–Crippen LogP) is 3.90. The van der Waals surface area contributed by atoms with Gasteiger partial charge >= 0.3 is 0 Å². The number of aliphatic hydroxyl groups excluding tert-OH is 1. The first-order chi connectivity index (χ1) is 8.69. The zero-order chi connectivity index (χ0) is 13.0. The molecule has 0 fully saturated rings. The van der Waals surface area contributed by atoms with Crippen LogP contribution in [0.2, 0.25) is 0 Å². The van der Waals surface area contributed by atoms with E-state index in [1.807, 2.05) is 42.5 Å². The summed E-state index contributed by atoms with van der Waals surface area (Å²) in [6.07, 6.45) is -0.416. The van der Waals surface area contributed by atoms with E-state index < -0.39 is 6.10 Å². The van der Waals surface area contributed by atoms with Crippen molar-refractivity contribution in [3.8, 4) is 5.75 Å². The normalized spacial score (nSPS) is 12.2. The van der Waals surface area contributed by atoms with E-state index in [9.17, 15) is 5.11 Å². The molecule has 0 saturated heterocycles. The maximum atomic E-state index is 9.45. The van der Waals surface area contributed by atoms with Crippen molar-refractivity contribution in [3.05, 3.63) is 54.1 Å². The molecule has 0 amide bonds. The lowest BCUT2D eigenvalue weighted by atomic mass is 10.1. The van der Waals surface area contributed by atoms with Crippen LogP contribution in [0.1, 0.15) is 18.6 Å². The van der Waals surface area contributed by atoms with Crippen molar-refractivity contribution in [2.24, 2.45) is 0 Å². The van der Waals surface area contributed by atoms with Gasteiger partial charge in [0.05, 0.1) is 13.2 Å². The first-order valence-corrected chi connectivity index (χ1v) is 6.60. The number of methoxy groups -OCH3 is 1.